The maximum Gasteiger partial charge on any atom is 0.272 e. The number of halogens is 2. The Labute approximate surface area is 136 Å². The van der Waals surface area contributed by atoms with E-state index in [1.165, 1.54) is 6.20 Å². The van der Waals surface area contributed by atoms with Crippen LogP contribution in [0, 0.1) is 5.92 Å². The lowest BCUT2D eigenvalue weighted by atomic mass is 9.96. The molecule has 1 unspecified atom stereocenters. The molecular formula is C14H22Cl2N4O. The Morgan fingerprint density at radius 2 is 2.19 bits per heavy atom. The molecule has 2 rings (SSSR count). The van der Waals surface area contributed by atoms with Crippen LogP contribution >= 0.6 is 24.0 Å². The molecule has 0 radical (unpaired) electrons. The Morgan fingerprint density at radius 3 is 2.67 bits per heavy atom. The molecule has 1 aromatic rings. The summed E-state index contributed by atoms with van der Waals surface area (Å²) in [4.78, 5) is 20.8. The molecule has 0 aromatic carbocycles. The molecule has 3 N–H and O–H groups in total. The van der Waals surface area contributed by atoms with E-state index in [0.717, 1.165) is 12.8 Å². The third kappa shape index (κ3) is 4.05. The van der Waals surface area contributed by atoms with Crippen molar-refractivity contribution >= 4 is 29.9 Å². The summed E-state index contributed by atoms with van der Waals surface area (Å²) in [6, 6.07) is 0. The normalized spacial score (nSPS) is 17.0. The van der Waals surface area contributed by atoms with Crippen molar-refractivity contribution in [2.75, 3.05) is 6.54 Å². The van der Waals surface area contributed by atoms with E-state index in [2.05, 4.69) is 15.3 Å². The molecule has 1 aromatic heterocycles. The van der Waals surface area contributed by atoms with Gasteiger partial charge in [0, 0.05) is 12.5 Å². The van der Waals surface area contributed by atoms with Crippen molar-refractivity contribution < 1.29 is 4.79 Å². The van der Waals surface area contributed by atoms with Gasteiger partial charge >= 0.3 is 0 Å². The number of hydrogen-bond acceptors (Lipinski definition) is 4. The molecule has 1 heterocycles. The van der Waals surface area contributed by atoms with Crippen LogP contribution < -0.4 is 11.1 Å². The van der Waals surface area contributed by atoms with E-state index < -0.39 is 0 Å². The smallest absolute Gasteiger partial charge is 0.272 e. The first-order valence-electron chi connectivity index (χ1n) is 6.92. The monoisotopic (exact) mass is 332 g/mol. The van der Waals surface area contributed by atoms with Gasteiger partial charge in [0.25, 0.3) is 5.91 Å². The number of carbonyl (C=O) groups is 1. The molecule has 0 aliphatic heterocycles. The largest absolute Gasteiger partial charge is 0.344 e. The first kappa shape index (κ1) is 18.1. The van der Waals surface area contributed by atoms with Gasteiger partial charge in [0.05, 0.1) is 16.8 Å². The van der Waals surface area contributed by atoms with Gasteiger partial charge in [0.15, 0.2) is 0 Å². The zero-order valence-corrected chi connectivity index (χ0v) is 14.1. The first-order valence-corrected chi connectivity index (χ1v) is 7.30. The summed E-state index contributed by atoms with van der Waals surface area (Å²) in [5, 5.41) is 3.26. The van der Waals surface area contributed by atoms with E-state index in [1.807, 2.05) is 20.8 Å². The number of nitrogens with one attached hydrogen (secondary N) is 1. The van der Waals surface area contributed by atoms with Crippen LogP contribution in [0.15, 0.2) is 6.20 Å². The van der Waals surface area contributed by atoms with Crippen LogP contribution in [-0.4, -0.2) is 28.0 Å². The van der Waals surface area contributed by atoms with Crippen molar-refractivity contribution in [3.63, 3.8) is 0 Å². The van der Waals surface area contributed by atoms with E-state index in [0.29, 0.717) is 18.3 Å². The number of hydrogen-bond donors (Lipinski definition) is 2. The van der Waals surface area contributed by atoms with Crippen molar-refractivity contribution in [2.45, 2.75) is 45.1 Å². The predicted molar refractivity (Wildman–Crippen MR) is 86.0 cm³/mol. The molecule has 1 aliphatic carbocycles. The van der Waals surface area contributed by atoms with Gasteiger partial charge in [-0.2, -0.15) is 0 Å². The Kier molecular flexibility index (Phi) is 5.96. The maximum atomic E-state index is 12.4. The lowest BCUT2D eigenvalue weighted by Crippen LogP contribution is -2.53. The Morgan fingerprint density at radius 1 is 1.57 bits per heavy atom. The average molecular weight is 333 g/mol. The lowest BCUT2D eigenvalue weighted by molar-refractivity contribution is 0.0892. The summed E-state index contributed by atoms with van der Waals surface area (Å²) >= 11 is 6.05. The number of aromatic nitrogens is 2. The molecule has 1 aliphatic rings. The fourth-order valence-corrected chi connectivity index (χ4v) is 2.35. The van der Waals surface area contributed by atoms with Crippen LogP contribution in [0.2, 0.25) is 5.02 Å². The molecule has 1 amide bonds. The summed E-state index contributed by atoms with van der Waals surface area (Å²) in [7, 11) is 0. The van der Waals surface area contributed by atoms with E-state index in [1.54, 1.807) is 0 Å². The maximum absolute atomic E-state index is 12.4. The van der Waals surface area contributed by atoms with Gasteiger partial charge in [-0.1, -0.05) is 25.4 Å². The summed E-state index contributed by atoms with van der Waals surface area (Å²) < 4.78 is 0. The van der Waals surface area contributed by atoms with Gasteiger partial charge in [-0.05, 0) is 25.7 Å². The Balaban J connectivity index is 0.00000220. The van der Waals surface area contributed by atoms with Crippen molar-refractivity contribution in [3.8, 4) is 0 Å². The van der Waals surface area contributed by atoms with Crippen molar-refractivity contribution in [1.82, 2.24) is 15.3 Å². The number of nitrogens with two attached hydrogens (primary N) is 1. The van der Waals surface area contributed by atoms with Crippen LogP contribution in [0.3, 0.4) is 0 Å². The quantitative estimate of drug-likeness (QED) is 0.868. The second-order valence-corrected chi connectivity index (χ2v) is 6.34. The number of amides is 1. The van der Waals surface area contributed by atoms with Gasteiger partial charge in [-0.15, -0.1) is 12.4 Å². The minimum atomic E-state index is -0.386. The van der Waals surface area contributed by atoms with Gasteiger partial charge in [0.2, 0.25) is 0 Å². The number of rotatable bonds is 5. The van der Waals surface area contributed by atoms with Crippen molar-refractivity contribution in [3.05, 3.63) is 22.7 Å². The third-order valence-corrected chi connectivity index (χ3v) is 4.07. The highest BCUT2D eigenvalue weighted by molar-refractivity contribution is 6.33. The summed E-state index contributed by atoms with van der Waals surface area (Å²) in [5.74, 6) is 0.921. The molecule has 0 saturated heterocycles. The topological polar surface area (TPSA) is 80.9 Å². The van der Waals surface area contributed by atoms with E-state index >= 15 is 0 Å². The van der Waals surface area contributed by atoms with Gasteiger partial charge < -0.3 is 11.1 Å². The van der Waals surface area contributed by atoms with Gasteiger partial charge in [-0.3, -0.25) is 4.79 Å². The number of carbonyl (C=O) groups excluding carboxylic acids is 1. The highest BCUT2D eigenvalue weighted by Gasteiger charge is 2.42. The average Bonchev–Trinajstić information content (AvgIpc) is 3.23. The highest BCUT2D eigenvalue weighted by atomic mass is 35.5. The van der Waals surface area contributed by atoms with E-state index in [-0.39, 0.29) is 40.5 Å². The molecule has 118 valence electrons. The standard InChI is InChI=1S/C14H21ClN4O.ClH/c1-8(2)12-17-6-10(15)11(18-12)13(20)19-14(3,7-16)9-4-5-9;/h6,8-9H,4-5,7,16H2,1-3H3,(H,19,20);1H. The van der Waals surface area contributed by atoms with E-state index in [4.69, 9.17) is 17.3 Å². The molecule has 1 atom stereocenters. The molecule has 0 spiro atoms. The molecular weight excluding hydrogens is 311 g/mol. The molecule has 0 bridgehead atoms. The van der Waals surface area contributed by atoms with Crippen LogP contribution in [0.5, 0.6) is 0 Å². The fourth-order valence-electron chi connectivity index (χ4n) is 2.18. The van der Waals surface area contributed by atoms with Crippen molar-refractivity contribution in [2.24, 2.45) is 11.7 Å². The predicted octanol–water partition coefficient (Wildman–Crippen LogP) is 2.53. The lowest BCUT2D eigenvalue weighted by Gasteiger charge is -2.29. The summed E-state index contributed by atoms with van der Waals surface area (Å²) in [6.45, 7) is 6.32. The molecule has 5 nitrogen and oxygen atoms in total. The zero-order valence-electron chi connectivity index (χ0n) is 12.5. The number of nitrogens with zero attached hydrogens (tertiary/aromatic N) is 2. The molecule has 1 fully saturated rings. The highest BCUT2D eigenvalue weighted by Crippen LogP contribution is 2.39. The summed E-state index contributed by atoms with van der Waals surface area (Å²) in [6.07, 6.45) is 3.68. The van der Waals surface area contributed by atoms with Crippen LogP contribution in [0.4, 0.5) is 0 Å². The third-order valence-electron chi connectivity index (χ3n) is 3.80. The summed E-state index contributed by atoms with van der Waals surface area (Å²) in [5.41, 5.74) is 5.65. The Bertz CT molecular complexity index is 520. The molecule has 21 heavy (non-hydrogen) atoms. The second kappa shape index (κ2) is 6.90. The van der Waals surface area contributed by atoms with Gasteiger partial charge in [0.1, 0.15) is 11.5 Å². The zero-order chi connectivity index (χ0) is 14.9. The van der Waals surface area contributed by atoms with Crippen LogP contribution in [0.1, 0.15) is 55.8 Å². The SMILES string of the molecule is CC(C)c1ncc(Cl)c(C(=O)NC(C)(CN)C2CC2)n1.Cl. The fraction of sp³-hybridized carbons (Fsp3) is 0.643. The second-order valence-electron chi connectivity index (χ2n) is 5.93. The minimum Gasteiger partial charge on any atom is -0.344 e. The molecule has 7 heteroatoms. The van der Waals surface area contributed by atoms with E-state index in [9.17, 15) is 4.79 Å². The minimum absolute atomic E-state index is 0. The molecule has 1 saturated carbocycles. The first-order chi connectivity index (χ1) is 9.37. The van der Waals surface area contributed by atoms with Crippen LogP contribution in [-0.2, 0) is 0 Å². The van der Waals surface area contributed by atoms with Crippen molar-refractivity contribution in [1.29, 1.82) is 0 Å². The van der Waals surface area contributed by atoms with Crippen LogP contribution in [0.25, 0.3) is 0 Å². The Hall–Kier alpha value is -0.910. The van der Waals surface area contributed by atoms with Gasteiger partial charge in [-0.25, -0.2) is 9.97 Å².